The van der Waals surface area contributed by atoms with Crippen molar-refractivity contribution < 1.29 is 13.2 Å². The third-order valence-electron chi connectivity index (χ3n) is 2.88. The first-order valence-electron chi connectivity index (χ1n) is 5.49. The second kappa shape index (κ2) is 5.62. The number of methoxy groups -OCH3 is 1. The first kappa shape index (κ1) is 14.2. The highest BCUT2D eigenvalue weighted by Gasteiger charge is 2.30. The van der Waals surface area contributed by atoms with E-state index in [0.29, 0.717) is 6.42 Å². The van der Waals surface area contributed by atoms with Gasteiger partial charge in [0.05, 0.1) is 6.26 Å². The second-order valence-corrected chi connectivity index (χ2v) is 5.84. The average molecular weight is 257 g/mol. The Balaban J connectivity index is 2.98. The lowest BCUT2D eigenvalue weighted by atomic mass is 9.91. The molecule has 0 heterocycles. The summed E-state index contributed by atoms with van der Waals surface area (Å²) in [6.07, 6.45) is 1.84. The predicted molar refractivity (Wildman–Crippen MR) is 68.3 cm³/mol. The molecule has 1 aromatic rings. The molecule has 4 nitrogen and oxygen atoms in total. The van der Waals surface area contributed by atoms with E-state index in [1.807, 2.05) is 37.3 Å². The van der Waals surface area contributed by atoms with Crippen molar-refractivity contribution in [2.75, 3.05) is 19.9 Å². The van der Waals surface area contributed by atoms with Gasteiger partial charge >= 0.3 is 0 Å². The molecule has 1 unspecified atom stereocenters. The molecule has 1 rings (SSSR count). The van der Waals surface area contributed by atoms with E-state index in [1.165, 1.54) is 0 Å². The maximum Gasteiger partial charge on any atom is 0.208 e. The van der Waals surface area contributed by atoms with Gasteiger partial charge in [0.25, 0.3) is 0 Å². The fraction of sp³-hybridized carbons (Fsp3) is 0.500. The minimum Gasteiger partial charge on any atom is -0.372 e. The Morgan fingerprint density at radius 3 is 2.29 bits per heavy atom. The van der Waals surface area contributed by atoms with Crippen LogP contribution in [0.25, 0.3) is 0 Å². The molecule has 1 N–H and O–H groups in total. The predicted octanol–water partition coefficient (Wildman–Crippen LogP) is 1.49. The summed E-state index contributed by atoms with van der Waals surface area (Å²) >= 11 is 0. The first-order chi connectivity index (χ1) is 7.93. The van der Waals surface area contributed by atoms with E-state index in [-0.39, 0.29) is 6.54 Å². The molecule has 5 heteroatoms. The molecule has 0 bridgehead atoms. The van der Waals surface area contributed by atoms with Crippen molar-refractivity contribution in [1.29, 1.82) is 0 Å². The smallest absolute Gasteiger partial charge is 0.208 e. The second-order valence-electron chi connectivity index (χ2n) is 4.01. The van der Waals surface area contributed by atoms with Crippen molar-refractivity contribution in [3.63, 3.8) is 0 Å². The zero-order chi connectivity index (χ0) is 12.9. The molecule has 1 aromatic carbocycles. The lowest BCUT2D eigenvalue weighted by Gasteiger charge is -2.31. The minimum absolute atomic E-state index is 0.239. The normalized spacial score (nSPS) is 15.5. The van der Waals surface area contributed by atoms with Crippen LogP contribution in [0.3, 0.4) is 0 Å². The largest absolute Gasteiger partial charge is 0.372 e. The summed E-state index contributed by atoms with van der Waals surface area (Å²) in [5.41, 5.74) is 0.366. The Morgan fingerprint density at radius 2 is 1.88 bits per heavy atom. The Hall–Kier alpha value is -0.910. The summed E-state index contributed by atoms with van der Waals surface area (Å²) < 4.78 is 30.4. The quantitative estimate of drug-likeness (QED) is 0.840. The van der Waals surface area contributed by atoms with Crippen molar-refractivity contribution in [2.24, 2.45) is 0 Å². The Labute approximate surface area is 103 Å². The zero-order valence-electron chi connectivity index (χ0n) is 10.4. The van der Waals surface area contributed by atoms with Gasteiger partial charge in [-0.25, -0.2) is 13.1 Å². The van der Waals surface area contributed by atoms with Gasteiger partial charge < -0.3 is 4.74 Å². The number of benzene rings is 1. The van der Waals surface area contributed by atoms with Gasteiger partial charge in [-0.2, -0.15) is 0 Å². The van der Waals surface area contributed by atoms with E-state index in [9.17, 15) is 8.42 Å². The minimum atomic E-state index is -3.22. The summed E-state index contributed by atoms with van der Waals surface area (Å²) in [5.74, 6) is 0. The van der Waals surface area contributed by atoms with Crippen LogP contribution in [0.15, 0.2) is 30.3 Å². The van der Waals surface area contributed by atoms with Crippen LogP contribution >= 0.6 is 0 Å². The number of ether oxygens (including phenoxy) is 1. The molecule has 0 aliphatic carbocycles. The maximum atomic E-state index is 11.2. The Bertz CT molecular complexity index is 438. The Morgan fingerprint density at radius 1 is 1.29 bits per heavy atom. The highest BCUT2D eigenvalue weighted by molar-refractivity contribution is 7.88. The van der Waals surface area contributed by atoms with Gasteiger partial charge in [-0.05, 0) is 12.0 Å². The van der Waals surface area contributed by atoms with Gasteiger partial charge in [0.2, 0.25) is 10.0 Å². The Kier molecular flexibility index (Phi) is 4.68. The van der Waals surface area contributed by atoms with Gasteiger partial charge in [0.1, 0.15) is 5.60 Å². The summed E-state index contributed by atoms with van der Waals surface area (Å²) in [4.78, 5) is 0. The van der Waals surface area contributed by atoms with Crippen LogP contribution < -0.4 is 4.72 Å². The van der Waals surface area contributed by atoms with Gasteiger partial charge in [-0.3, -0.25) is 0 Å². The van der Waals surface area contributed by atoms with E-state index < -0.39 is 15.6 Å². The summed E-state index contributed by atoms with van der Waals surface area (Å²) in [5, 5.41) is 0. The lowest BCUT2D eigenvalue weighted by Crippen LogP contribution is -2.41. The lowest BCUT2D eigenvalue weighted by molar-refractivity contribution is -0.0132. The van der Waals surface area contributed by atoms with Gasteiger partial charge in [-0.15, -0.1) is 0 Å². The third kappa shape index (κ3) is 3.80. The van der Waals surface area contributed by atoms with Crippen molar-refractivity contribution >= 4 is 10.0 Å². The summed E-state index contributed by atoms with van der Waals surface area (Å²) in [7, 11) is -1.62. The molecular formula is C12H19NO3S. The molecule has 0 aliphatic rings. The molecule has 0 fully saturated rings. The molecule has 0 radical (unpaired) electrons. The zero-order valence-corrected chi connectivity index (χ0v) is 11.3. The monoisotopic (exact) mass is 257 g/mol. The fourth-order valence-electron chi connectivity index (χ4n) is 1.76. The molecule has 1 atom stereocenters. The van der Waals surface area contributed by atoms with E-state index in [0.717, 1.165) is 11.8 Å². The maximum absolute atomic E-state index is 11.2. The van der Waals surface area contributed by atoms with Gasteiger partial charge in [0.15, 0.2) is 0 Å². The molecule has 0 aromatic heterocycles. The fourth-order valence-corrected chi connectivity index (χ4v) is 2.25. The number of nitrogens with one attached hydrogen (secondary N) is 1. The van der Waals surface area contributed by atoms with Crippen LogP contribution in [0.2, 0.25) is 0 Å². The highest BCUT2D eigenvalue weighted by Crippen LogP contribution is 2.28. The molecule has 0 spiro atoms. The number of rotatable bonds is 6. The SMILES string of the molecule is CCC(CNS(C)(=O)=O)(OC)c1ccccc1. The van der Waals surface area contributed by atoms with Gasteiger partial charge in [-0.1, -0.05) is 37.3 Å². The van der Waals surface area contributed by atoms with Crippen LogP contribution in [0.4, 0.5) is 0 Å². The number of hydrogen-bond donors (Lipinski definition) is 1. The van der Waals surface area contributed by atoms with Crippen LogP contribution in [-0.2, 0) is 20.4 Å². The molecule has 0 saturated heterocycles. The van der Waals surface area contributed by atoms with Crippen molar-refractivity contribution in [2.45, 2.75) is 18.9 Å². The third-order valence-corrected chi connectivity index (χ3v) is 3.55. The van der Waals surface area contributed by atoms with Crippen LogP contribution in [0.1, 0.15) is 18.9 Å². The summed E-state index contributed by atoms with van der Waals surface area (Å²) in [6, 6.07) is 9.63. The van der Waals surface area contributed by atoms with Crippen molar-refractivity contribution in [3.05, 3.63) is 35.9 Å². The van der Waals surface area contributed by atoms with E-state index in [1.54, 1.807) is 7.11 Å². The van der Waals surface area contributed by atoms with E-state index in [2.05, 4.69) is 4.72 Å². The summed E-state index contributed by atoms with van der Waals surface area (Å²) in [6.45, 7) is 2.21. The van der Waals surface area contributed by atoms with Crippen LogP contribution in [0.5, 0.6) is 0 Å². The van der Waals surface area contributed by atoms with Crippen molar-refractivity contribution in [3.8, 4) is 0 Å². The standard InChI is InChI=1S/C12H19NO3S/c1-4-12(16-2,10-13-17(3,14)15)11-8-6-5-7-9-11/h5-9,13H,4,10H2,1-3H3. The number of sulfonamides is 1. The van der Waals surface area contributed by atoms with Crippen LogP contribution in [0, 0.1) is 0 Å². The van der Waals surface area contributed by atoms with E-state index >= 15 is 0 Å². The molecule has 0 amide bonds. The average Bonchev–Trinajstić information content (AvgIpc) is 2.31. The van der Waals surface area contributed by atoms with Crippen LogP contribution in [-0.4, -0.2) is 28.3 Å². The topological polar surface area (TPSA) is 55.4 Å². The molecular weight excluding hydrogens is 238 g/mol. The van der Waals surface area contributed by atoms with E-state index in [4.69, 9.17) is 4.74 Å². The first-order valence-corrected chi connectivity index (χ1v) is 7.38. The highest BCUT2D eigenvalue weighted by atomic mass is 32.2. The molecule has 96 valence electrons. The molecule has 17 heavy (non-hydrogen) atoms. The molecule has 0 saturated carbocycles. The van der Waals surface area contributed by atoms with Gasteiger partial charge in [0, 0.05) is 13.7 Å². The van der Waals surface area contributed by atoms with Crippen molar-refractivity contribution in [1.82, 2.24) is 4.72 Å². The number of hydrogen-bond acceptors (Lipinski definition) is 3. The molecule has 0 aliphatic heterocycles.